The van der Waals surface area contributed by atoms with Crippen LogP contribution in [0.25, 0.3) is 0 Å². The van der Waals surface area contributed by atoms with Crippen LogP contribution >= 0.6 is 0 Å². The van der Waals surface area contributed by atoms with E-state index in [4.69, 9.17) is 0 Å². The molecule has 0 aromatic heterocycles. The Bertz CT molecular complexity index is 813. The van der Waals surface area contributed by atoms with Crippen molar-refractivity contribution in [2.24, 2.45) is 0 Å². The Morgan fingerprint density at radius 1 is 0.923 bits per heavy atom. The highest BCUT2D eigenvalue weighted by atomic mass is 19.4. The Hall–Kier alpha value is -2.64. The summed E-state index contributed by atoms with van der Waals surface area (Å²) in [6.45, 7) is 0.990. The van der Waals surface area contributed by atoms with Crippen molar-refractivity contribution >= 4 is 11.6 Å². The van der Waals surface area contributed by atoms with Crippen molar-refractivity contribution in [1.29, 1.82) is 0 Å². The molecule has 2 aromatic rings. The van der Waals surface area contributed by atoms with E-state index in [2.05, 4.69) is 0 Å². The summed E-state index contributed by atoms with van der Waals surface area (Å²) in [6, 6.07) is 8.35. The molecular formula is C18H15F5N2O. The molecule has 3 nitrogen and oxygen atoms in total. The van der Waals surface area contributed by atoms with Crippen LogP contribution in [0.5, 0.6) is 0 Å². The maximum absolute atomic E-state index is 13.8. The summed E-state index contributed by atoms with van der Waals surface area (Å²) in [5, 5.41) is 0. The molecule has 0 bridgehead atoms. The summed E-state index contributed by atoms with van der Waals surface area (Å²) >= 11 is 0. The van der Waals surface area contributed by atoms with E-state index in [0.29, 0.717) is 18.8 Å². The number of carbonyl (C=O) groups excluding carboxylic acids is 1. The maximum atomic E-state index is 13.8. The van der Waals surface area contributed by atoms with Crippen molar-refractivity contribution in [2.75, 3.05) is 31.1 Å². The molecule has 0 N–H and O–H groups in total. The standard InChI is InChI=1S/C18H15F5N2O/c19-15-6-2-5-14(16(15)20)17(26)25-9-7-24(8-10-25)13-4-1-3-12(11-13)18(21,22)23/h1-6,11H,7-10H2. The number of nitrogens with zero attached hydrogens (tertiary/aromatic N) is 2. The van der Waals surface area contributed by atoms with Crippen molar-refractivity contribution < 1.29 is 26.7 Å². The summed E-state index contributed by atoms with van der Waals surface area (Å²) in [5.41, 5.74) is -0.684. The van der Waals surface area contributed by atoms with Gasteiger partial charge >= 0.3 is 6.18 Å². The number of halogens is 5. The second-order valence-corrected chi connectivity index (χ2v) is 5.93. The molecule has 1 aliphatic heterocycles. The van der Waals surface area contributed by atoms with E-state index in [1.807, 2.05) is 0 Å². The Kier molecular flexibility index (Phi) is 4.84. The Morgan fingerprint density at radius 3 is 2.23 bits per heavy atom. The Morgan fingerprint density at radius 2 is 1.58 bits per heavy atom. The van der Waals surface area contributed by atoms with Gasteiger partial charge in [0.15, 0.2) is 11.6 Å². The van der Waals surface area contributed by atoms with E-state index in [-0.39, 0.29) is 18.7 Å². The lowest BCUT2D eigenvalue weighted by Crippen LogP contribution is -2.49. The SMILES string of the molecule is O=C(c1cccc(F)c1F)N1CCN(c2cccc(C(F)(F)F)c2)CC1. The minimum absolute atomic E-state index is 0.199. The lowest BCUT2D eigenvalue weighted by atomic mass is 10.1. The largest absolute Gasteiger partial charge is 0.416 e. The van der Waals surface area contributed by atoms with Crippen LogP contribution in [0, 0.1) is 11.6 Å². The van der Waals surface area contributed by atoms with Gasteiger partial charge in [-0.05, 0) is 30.3 Å². The van der Waals surface area contributed by atoms with Gasteiger partial charge in [0.1, 0.15) is 0 Å². The van der Waals surface area contributed by atoms with E-state index in [0.717, 1.165) is 18.2 Å². The number of benzene rings is 2. The first-order chi connectivity index (χ1) is 12.3. The fraction of sp³-hybridized carbons (Fsp3) is 0.278. The number of piperazine rings is 1. The highest BCUT2D eigenvalue weighted by Gasteiger charge is 2.31. The third-order valence-electron chi connectivity index (χ3n) is 4.29. The van der Waals surface area contributed by atoms with E-state index in [1.54, 1.807) is 11.0 Å². The highest BCUT2D eigenvalue weighted by Crippen LogP contribution is 2.32. The first-order valence-electron chi connectivity index (χ1n) is 7.93. The summed E-state index contributed by atoms with van der Waals surface area (Å²) in [5.74, 6) is -2.93. The number of carbonyl (C=O) groups is 1. The highest BCUT2D eigenvalue weighted by molar-refractivity contribution is 5.94. The van der Waals surface area contributed by atoms with Gasteiger partial charge in [-0.2, -0.15) is 13.2 Å². The van der Waals surface area contributed by atoms with Crippen molar-refractivity contribution in [3.8, 4) is 0 Å². The monoisotopic (exact) mass is 370 g/mol. The zero-order valence-electron chi connectivity index (χ0n) is 13.6. The van der Waals surface area contributed by atoms with E-state index in [1.165, 1.54) is 23.1 Å². The molecular weight excluding hydrogens is 355 g/mol. The van der Waals surface area contributed by atoms with Gasteiger partial charge in [0.05, 0.1) is 11.1 Å². The average Bonchev–Trinajstić information content (AvgIpc) is 2.63. The summed E-state index contributed by atoms with van der Waals surface area (Å²) in [7, 11) is 0. The molecule has 1 saturated heterocycles. The van der Waals surface area contributed by atoms with E-state index in [9.17, 15) is 26.7 Å². The normalized spacial score (nSPS) is 15.3. The summed E-state index contributed by atoms with van der Waals surface area (Å²) < 4.78 is 65.5. The molecule has 0 spiro atoms. The van der Waals surface area contributed by atoms with Crippen LogP contribution < -0.4 is 4.90 Å². The summed E-state index contributed by atoms with van der Waals surface area (Å²) in [6.07, 6.45) is -4.43. The molecule has 138 valence electrons. The van der Waals surface area contributed by atoms with E-state index >= 15 is 0 Å². The number of amides is 1. The van der Waals surface area contributed by atoms with Crippen molar-refractivity contribution in [3.63, 3.8) is 0 Å². The molecule has 26 heavy (non-hydrogen) atoms. The Labute approximate surface area is 146 Å². The van der Waals surface area contributed by atoms with Crippen LogP contribution in [0.2, 0.25) is 0 Å². The van der Waals surface area contributed by atoms with Crippen LogP contribution in [-0.2, 0) is 6.18 Å². The van der Waals surface area contributed by atoms with Gasteiger partial charge in [0.25, 0.3) is 5.91 Å². The zero-order chi connectivity index (χ0) is 18.9. The predicted octanol–water partition coefficient (Wildman–Crippen LogP) is 3.95. The van der Waals surface area contributed by atoms with Gasteiger partial charge in [-0.25, -0.2) is 8.78 Å². The molecule has 0 saturated carbocycles. The zero-order valence-corrected chi connectivity index (χ0v) is 13.6. The van der Waals surface area contributed by atoms with Crippen molar-refractivity contribution in [1.82, 2.24) is 4.90 Å². The molecule has 2 aromatic carbocycles. The molecule has 0 atom stereocenters. The van der Waals surface area contributed by atoms with Crippen LogP contribution in [0.1, 0.15) is 15.9 Å². The third kappa shape index (κ3) is 3.63. The number of alkyl halides is 3. The number of rotatable bonds is 2. The lowest BCUT2D eigenvalue weighted by molar-refractivity contribution is -0.137. The second kappa shape index (κ2) is 6.93. The van der Waals surface area contributed by atoms with Crippen molar-refractivity contribution in [3.05, 3.63) is 65.2 Å². The quantitative estimate of drug-likeness (QED) is 0.748. The lowest BCUT2D eigenvalue weighted by Gasteiger charge is -2.36. The molecule has 3 rings (SSSR count). The van der Waals surface area contributed by atoms with Crippen LogP contribution in [0.3, 0.4) is 0 Å². The van der Waals surface area contributed by atoms with Gasteiger partial charge in [-0.3, -0.25) is 4.79 Å². The molecule has 1 aliphatic rings. The topological polar surface area (TPSA) is 23.6 Å². The number of anilines is 1. The fourth-order valence-electron chi connectivity index (χ4n) is 2.89. The minimum atomic E-state index is -4.43. The van der Waals surface area contributed by atoms with Gasteiger partial charge < -0.3 is 9.80 Å². The first-order valence-corrected chi connectivity index (χ1v) is 7.93. The second-order valence-electron chi connectivity index (χ2n) is 5.93. The number of hydrogen-bond acceptors (Lipinski definition) is 2. The molecule has 0 radical (unpaired) electrons. The average molecular weight is 370 g/mol. The molecule has 1 heterocycles. The van der Waals surface area contributed by atoms with Gasteiger partial charge in [0.2, 0.25) is 0 Å². The van der Waals surface area contributed by atoms with Gasteiger partial charge in [-0.1, -0.05) is 12.1 Å². The molecule has 8 heteroatoms. The minimum Gasteiger partial charge on any atom is -0.368 e. The van der Waals surface area contributed by atoms with Gasteiger partial charge in [-0.15, -0.1) is 0 Å². The van der Waals surface area contributed by atoms with Gasteiger partial charge in [0, 0.05) is 31.9 Å². The summed E-state index contributed by atoms with van der Waals surface area (Å²) in [4.78, 5) is 15.4. The van der Waals surface area contributed by atoms with Crippen LogP contribution in [0.15, 0.2) is 42.5 Å². The molecule has 0 unspecified atom stereocenters. The molecule has 1 fully saturated rings. The smallest absolute Gasteiger partial charge is 0.368 e. The maximum Gasteiger partial charge on any atom is 0.416 e. The number of hydrogen-bond donors (Lipinski definition) is 0. The van der Waals surface area contributed by atoms with E-state index < -0.39 is 29.3 Å². The fourth-order valence-corrected chi connectivity index (χ4v) is 2.89. The van der Waals surface area contributed by atoms with Crippen molar-refractivity contribution in [2.45, 2.75) is 6.18 Å². The third-order valence-corrected chi connectivity index (χ3v) is 4.29. The molecule has 1 amide bonds. The molecule has 0 aliphatic carbocycles. The van der Waals surface area contributed by atoms with Crippen LogP contribution in [0.4, 0.5) is 27.6 Å². The Balaban J connectivity index is 1.70. The predicted molar refractivity (Wildman–Crippen MR) is 85.9 cm³/mol. The first kappa shape index (κ1) is 18.2. The van der Waals surface area contributed by atoms with Crippen LogP contribution in [-0.4, -0.2) is 37.0 Å².